The third-order valence-electron chi connectivity index (χ3n) is 4.98. The van der Waals surface area contributed by atoms with Gasteiger partial charge in [-0.05, 0) is 50.3 Å². The highest BCUT2D eigenvalue weighted by Crippen LogP contribution is 2.35. The fourth-order valence-electron chi connectivity index (χ4n) is 3.80. The average molecular weight is 271 g/mol. The zero-order valence-corrected chi connectivity index (χ0v) is 12.2. The zero-order valence-electron chi connectivity index (χ0n) is 12.2. The maximum Gasteiger partial charge on any atom is 0.166 e. The van der Waals surface area contributed by atoms with Crippen molar-refractivity contribution in [2.45, 2.75) is 50.9 Å². The molecule has 0 unspecified atom stereocenters. The number of piperidine rings is 1. The van der Waals surface area contributed by atoms with Crippen molar-refractivity contribution in [3.8, 4) is 0 Å². The molecule has 1 saturated carbocycles. The van der Waals surface area contributed by atoms with Crippen LogP contribution in [0.4, 0.5) is 0 Å². The largest absolute Gasteiger partial charge is 0.317 e. The topological polar surface area (TPSA) is 29.1 Å². The molecule has 0 atom stereocenters. The maximum atomic E-state index is 12.8. The van der Waals surface area contributed by atoms with E-state index in [4.69, 9.17) is 0 Å². The van der Waals surface area contributed by atoms with Crippen molar-refractivity contribution in [2.24, 2.45) is 5.92 Å². The van der Waals surface area contributed by atoms with Gasteiger partial charge in [0.25, 0.3) is 0 Å². The Hall–Kier alpha value is -1.15. The molecule has 1 aliphatic heterocycles. The molecule has 0 radical (unpaired) electrons. The molecule has 1 heterocycles. The van der Waals surface area contributed by atoms with Crippen molar-refractivity contribution in [2.75, 3.05) is 13.1 Å². The Labute approximate surface area is 122 Å². The average Bonchev–Trinajstić information content (AvgIpc) is 2.56. The van der Waals surface area contributed by atoms with Crippen LogP contribution in [0.15, 0.2) is 24.3 Å². The molecule has 1 aromatic rings. The highest BCUT2D eigenvalue weighted by Gasteiger charge is 2.26. The number of rotatable bonds is 3. The Kier molecular flexibility index (Phi) is 4.51. The molecular weight excluding hydrogens is 246 g/mol. The first-order valence-corrected chi connectivity index (χ1v) is 8.20. The predicted octanol–water partition coefficient (Wildman–Crippen LogP) is 3.92. The molecular formula is C18H25NO. The molecule has 1 N–H and O–H groups in total. The Balaban J connectivity index is 1.82. The number of carbonyl (C=O) groups is 1. The number of hydrogen-bond acceptors (Lipinski definition) is 2. The number of carbonyl (C=O) groups excluding carboxylic acids is 1. The van der Waals surface area contributed by atoms with Gasteiger partial charge in [-0.15, -0.1) is 0 Å². The van der Waals surface area contributed by atoms with Crippen LogP contribution in [0.3, 0.4) is 0 Å². The van der Waals surface area contributed by atoms with Crippen LogP contribution >= 0.6 is 0 Å². The van der Waals surface area contributed by atoms with Gasteiger partial charge < -0.3 is 5.32 Å². The van der Waals surface area contributed by atoms with Crippen molar-refractivity contribution in [1.29, 1.82) is 0 Å². The molecule has 108 valence electrons. The smallest absolute Gasteiger partial charge is 0.166 e. The summed E-state index contributed by atoms with van der Waals surface area (Å²) >= 11 is 0. The quantitative estimate of drug-likeness (QED) is 0.844. The van der Waals surface area contributed by atoms with Crippen LogP contribution < -0.4 is 5.32 Å². The monoisotopic (exact) mass is 271 g/mol. The first-order chi connectivity index (χ1) is 9.86. The highest BCUT2D eigenvalue weighted by atomic mass is 16.1. The standard InChI is InChI=1S/C18H25NO/c20-18(15-10-12-19-13-11-15)17-9-5-4-8-16(17)14-6-2-1-3-7-14/h4-5,8-9,14-15,19H,1-3,6-7,10-13H2. The summed E-state index contributed by atoms with van der Waals surface area (Å²) in [6, 6.07) is 8.39. The van der Waals surface area contributed by atoms with E-state index in [0.29, 0.717) is 11.7 Å². The van der Waals surface area contributed by atoms with E-state index in [0.717, 1.165) is 31.5 Å². The molecule has 1 saturated heterocycles. The molecule has 2 fully saturated rings. The molecule has 0 spiro atoms. The van der Waals surface area contributed by atoms with Crippen LogP contribution in [0, 0.1) is 5.92 Å². The zero-order chi connectivity index (χ0) is 13.8. The summed E-state index contributed by atoms with van der Waals surface area (Å²) < 4.78 is 0. The second-order valence-corrected chi connectivity index (χ2v) is 6.31. The lowest BCUT2D eigenvalue weighted by Crippen LogP contribution is -2.32. The lowest BCUT2D eigenvalue weighted by atomic mass is 9.79. The van der Waals surface area contributed by atoms with E-state index in [1.165, 1.54) is 37.7 Å². The van der Waals surface area contributed by atoms with Gasteiger partial charge in [0, 0.05) is 11.5 Å². The lowest BCUT2D eigenvalue weighted by molar-refractivity contribution is 0.0893. The minimum absolute atomic E-state index is 0.237. The molecule has 1 aromatic carbocycles. The Morgan fingerprint density at radius 2 is 1.65 bits per heavy atom. The molecule has 1 aliphatic carbocycles. The number of Topliss-reactive ketones (excluding diaryl/α,β-unsaturated/α-hetero) is 1. The summed E-state index contributed by atoms with van der Waals surface area (Å²) in [7, 11) is 0. The van der Waals surface area contributed by atoms with E-state index in [-0.39, 0.29) is 5.92 Å². The molecule has 3 rings (SSSR count). The third-order valence-corrected chi connectivity index (χ3v) is 4.98. The lowest BCUT2D eigenvalue weighted by Gasteiger charge is -2.26. The van der Waals surface area contributed by atoms with Crippen molar-refractivity contribution in [3.63, 3.8) is 0 Å². The summed E-state index contributed by atoms with van der Waals surface area (Å²) in [6.45, 7) is 1.98. The van der Waals surface area contributed by atoms with Crippen molar-refractivity contribution >= 4 is 5.78 Å². The van der Waals surface area contributed by atoms with Crippen LogP contribution in [0.5, 0.6) is 0 Å². The first kappa shape index (κ1) is 13.8. The number of ketones is 1. The maximum absolute atomic E-state index is 12.8. The fourth-order valence-corrected chi connectivity index (χ4v) is 3.80. The van der Waals surface area contributed by atoms with Gasteiger partial charge in [0.05, 0.1) is 0 Å². The molecule has 0 aromatic heterocycles. The molecule has 2 nitrogen and oxygen atoms in total. The molecule has 20 heavy (non-hydrogen) atoms. The summed E-state index contributed by atoms with van der Waals surface area (Å²) in [6.07, 6.45) is 8.52. The SMILES string of the molecule is O=C(c1ccccc1C1CCCCC1)C1CCNCC1. The normalized spacial score (nSPS) is 21.8. The first-order valence-electron chi connectivity index (χ1n) is 8.20. The molecule has 0 amide bonds. The predicted molar refractivity (Wildman–Crippen MR) is 82.2 cm³/mol. The van der Waals surface area contributed by atoms with Crippen LogP contribution in [-0.4, -0.2) is 18.9 Å². The van der Waals surface area contributed by atoms with Crippen molar-refractivity contribution in [1.82, 2.24) is 5.32 Å². The Morgan fingerprint density at radius 3 is 2.40 bits per heavy atom. The number of nitrogens with one attached hydrogen (secondary N) is 1. The van der Waals surface area contributed by atoms with E-state index < -0.39 is 0 Å². The van der Waals surface area contributed by atoms with Crippen molar-refractivity contribution in [3.05, 3.63) is 35.4 Å². The number of benzene rings is 1. The van der Waals surface area contributed by atoms with Gasteiger partial charge in [0.15, 0.2) is 5.78 Å². The van der Waals surface area contributed by atoms with E-state index in [1.54, 1.807) is 0 Å². The van der Waals surface area contributed by atoms with Gasteiger partial charge >= 0.3 is 0 Å². The van der Waals surface area contributed by atoms with Crippen LogP contribution in [-0.2, 0) is 0 Å². The van der Waals surface area contributed by atoms with Gasteiger partial charge in [0.1, 0.15) is 0 Å². The van der Waals surface area contributed by atoms with Crippen molar-refractivity contribution < 1.29 is 4.79 Å². The minimum atomic E-state index is 0.237. The second kappa shape index (κ2) is 6.53. The van der Waals surface area contributed by atoms with Crippen LogP contribution in [0.1, 0.15) is 66.8 Å². The summed E-state index contributed by atoms with van der Waals surface area (Å²) in [5.74, 6) is 1.25. The van der Waals surface area contributed by atoms with E-state index >= 15 is 0 Å². The molecule has 2 heteroatoms. The Bertz CT molecular complexity index is 456. The van der Waals surface area contributed by atoms with Crippen LogP contribution in [0.25, 0.3) is 0 Å². The van der Waals surface area contributed by atoms with E-state index in [1.807, 2.05) is 6.07 Å². The molecule has 2 aliphatic rings. The Morgan fingerprint density at radius 1 is 0.950 bits per heavy atom. The summed E-state index contributed by atoms with van der Waals surface area (Å²) in [5, 5.41) is 3.35. The molecule has 0 bridgehead atoms. The van der Waals surface area contributed by atoms with Gasteiger partial charge in [-0.1, -0.05) is 43.5 Å². The van der Waals surface area contributed by atoms with Gasteiger partial charge in [0.2, 0.25) is 0 Å². The van der Waals surface area contributed by atoms with Gasteiger partial charge in [-0.3, -0.25) is 4.79 Å². The summed E-state index contributed by atoms with van der Waals surface area (Å²) in [5.41, 5.74) is 2.35. The van der Waals surface area contributed by atoms with Gasteiger partial charge in [-0.25, -0.2) is 0 Å². The minimum Gasteiger partial charge on any atom is -0.317 e. The van der Waals surface area contributed by atoms with Crippen LogP contribution in [0.2, 0.25) is 0 Å². The number of hydrogen-bond donors (Lipinski definition) is 1. The summed E-state index contributed by atoms with van der Waals surface area (Å²) in [4.78, 5) is 12.8. The van der Waals surface area contributed by atoms with Gasteiger partial charge in [-0.2, -0.15) is 0 Å². The van der Waals surface area contributed by atoms with E-state index in [9.17, 15) is 4.79 Å². The highest BCUT2D eigenvalue weighted by molar-refractivity contribution is 5.99. The van der Waals surface area contributed by atoms with E-state index in [2.05, 4.69) is 23.5 Å². The third kappa shape index (κ3) is 2.95. The fraction of sp³-hybridized carbons (Fsp3) is 0.611. The second-order valence-electron chi connectivity index (χ2n) is 6.31.